The second-order valence-electron chi connectivity index (χ2n) is 7.53. The molecule has 150 valence electrons. The Morgan fingerprint density at radius 2 is 1.63 bits per heavy atom. The third-order valence-corrected chi connectivity index (χ3v) is 5.50. The lowest BCUT2D eigenvalue weighted by molar-refractivity contribution is 0.0706. The smallest absolute Gasteiger partial charge is 0.253 e. The predicted octanol–water partition coefficient (Wildman–Crippen LogP) is 5.64. The molecule has 3 aromatic carbocycles. The maximum atomic E-state index is 13.0. The van der Waals surface area contributed by atoms with Crippen LogP contribution in [0.1, 0.15) is 35.0 Å². The van der Waals surface area contributed by atoms with Crippen molar-refractivity contribution >= 4 is 17.0 Å². The van der Waals surface area contributed by atoms with E-state index in [4.69, 9.17) is 9.15 Å². The number of piperidine rings is 1. The molecule has 0 bridgehead atoms. The normalized spacial score (nSPS) is 14.7. The summed E-state index contributed by atoms with van der Waals surface area (Å²) in [6, 6.07) is 24.8. The van der Waals surface area contributed by atoms with Gasteiger partial charge in [-0.25, -0.2) is 4.98 Å². The zero-order valence-electron chi connectivity index (χ0n) is 16.5. The van der Waals surface area contributed by atoms with Crippen LogP contribution in [0, 0.1) is 0 Å². The molecule has 0 spiro atoms. The summed E-state index contributed by atoms with van der Waals surface area (Å²) < 4.78 is 11.8. The van der Waals surface area contributed by atoms with Gasteiger partial charge in [0.2, 0.25) is 0 Å². The summed E-state index contributed by atoms with van der Waals surface area (Å²) >= 11 is 0. The summed E-state index contributed by atoms with van der Waals surface area (Å²) in [6.07, 6.45) is 1.69. The highest BCUT2D eigenvalue weighted by molar-refractivity contribution is 5.94. The monoisotopic (exact) mass is 398 g/mol. The zero-order chi connectivity index (χ0) is 20.3. The van der Waals surface area contributed by atoms with Crippen LogP contribution in [0.5, 0.6) is 11.5 Å². The Labute approximate surface area is 174 Å². The number of hydrogen-bond acceptors (Lipinski definition) is 4. The van der Waals surface area contributed by atoms with Gasteiger partial charge in [0, 0.05) is 24.6 Å². The maximum absolute atomic E-state index is 13.0. The fourth-order valence-corrected chi connectivity index (χ4v) is 3.89. The van der Waals surface area contributed by atoms with E-state index < -0.39 is 0 Å². The molecule has 1 fully saturated rings. The first-order chi connectivity index (χ1) is 14.8. The number of benzene rings is 3. The average Bonchev–Trinajstić information content (AvgIpc) is 3.24. The summed E-state index contributed by atoms with van der Waals surface area (Å²) in [4.78, 5) is 19.6. The molecular weight excluding hydrogens is 376 g/mol. The van der Waals surface area contributed by atoms with E-state index in [1.807, 2.05) is 83.8 Å². The number of nitrogens with zero attached hydrogens (tertiary/aromatic N) is 2. The Kier molecular flexibility index (Phi) is 4.93. The molecule has 1 amide bonds. The van der Waals surface area contributed by atoms with Gasteiger partial charge in [-0.2, -0.15) is 0 Å². The number of rotatable bonds is 4. The van der Waals surface area contributed by atoms with E-state index >= 15 is 0 Å². The SMILES string of the molecule is O=C(c1cccc(Oc2ccccc2)c1)N1CCC(c2nc3ccccc3o2)CC1. The minimum absolute atomic E-state index is 0.0320. The van der Waals surface area contributed by atoms with Crippen molar-refractivity contribution in [2.75, 3.05) is 13.1 Å². The molecule has 0 saturated carbocycles. The van der Waals surface area contributed by atoms with Gasteiger partial charge in [-0.05, 0) is 55.3 Å². The first-order valence-corrected chi connectivity index (χ1v) is 10.2. The fourth-order valence-electron chi connectivity index (χ4n) is 3.89. The quantitative estimate of drug-likeness (QED) is 0.446. The Balaban J connectivity index is 1.25. The lowest BCUT2D eigenvalue weighted by Crippen LogP contribution is -2.38. The first-order valence-electron chi connectivity index (χ1n) is 10.2. The van der Waals surface area contributed by atoms with Gasteiger partial charge in [0.25, 0.3) is 5.91 Å². The van der Waals surface area contributed by atoms with Crippen molar-refractivity contribution in [2.45, 2.75) is 18.8 Å². The number of ether oxygens (including phenoxy) is 1. The van der Waals surface area contributed by atoms with Crippen LogP contribution in [0.4, 0.5) is 0 Å². The molecule has 2 heterocycles. The Morgan fingerprint density at radius 1 is 0.900 bits per heavy atom. The Hall–Kier alpha value is -3.60. The summed E-state index contributed by atoms with van der Waals surface area (Å²) in [5, 5.41) is 0. The third-order valence-electron chi connectivity index (χ3n) is 5.50. The summed E-state index contributed by atoms with van der Waals surface area (Å²) in [7, 11) is 0. The number of amides is 1. The number of likely N-dealkylation sites (tertiary alicyclic amines) is 1. The fraction of sp³-hybridized carbons (Fsp3) is 0.200. The summed E-state index contributed by atoms with van der Waals surface area (Å²) in [5.41, 5.74) is 2.35. The van der Waals surface area contributed by atoms with Crippen LogP contribution in [0.25, 0.3) is 11.1 Å². The van der Waals surface area contributed by atoms with E-state index in [1.54, 1.807) is 0 Å². The molecule has 1 aliphatic rings. The number of oxazole rings is 1. The molecule has 1 aliphatic heterocycles. The van der Waals surface area contributed by atoms with Gasteiger partial charge in [0.05, 0.1) is 0 Å². The van der Waals surface area contributed by atoms with E-state index in [0.717, 1.165) is 35.6 Å². The Bertz CT molecular complexity index is 1130. The number of aromatic nitrogens is 1. The van der Waals surface area contributed by atoms with Crippen molar-refractivity contribution in [3.05, 3.63) is 90.3 Å². The van der Waals surface area contributed by atoms with Crippen LogP contribution in [-0.2, 0) is 0 Å². The van der Waals surface area contributed by atoms with Crippen LogP contribution >= 0.6 is 0 Å². The van der Waals surface area contributed by atoms with Gasteiger partial charge in [0.1, 0.15) is 17.0 Å². The second-order valence-corrected chi connectivity index (χ2v) is 7.53. The molecule has 1 aromatic heterocycles. The van der Waals surface area contributed by atoms with Crippen LogP contribution in [0.15, 0.2) is 83.3 Å². The molecule has 0 radical (unpaired) electrons. The standard InChI is InChI=1S/C25H22N2O3/c28-25(19-7-6-10-21(17-19)29-20-8-2-1-3-9-20)27-15-13-18(14-16-27)24-26-22-11-4-5-12-23(22)30-24/h1-12,17-18H,13-16H2. The van der Waals surface area contributed by atoms with Crippen molar-refractivity contribution in [3.63, 3.8) is 0 Å². The minimum Gasteiger partial charge on any atom is -0.457 e. The van der Waals surface area contributed by atoms with Crippen molar-refractivity contribution in [1.29, 1.82) is 0 Å². The molecule has 4 aromatic rings. The highest BCUT2D eigenvalue weighted by Gasteiger charge is 2.27. The van der Waals surface area contributed by atoms with Crippen molar-refractivity contribution in [1.82, 2.24) is 9.88 Å². The van der Waals surface area contributed by atoms with Gasteiger partial charge < -0.3 is 14.1 Å². The molecule has 0 atom stereocenters. The number of para-hydroxylation sites is 3. The van der Waals surface area contributed by atoms with E-state index in [0.29, 0.717) is 24.4 Å². The topological polar surface area (TPSA) is 55.6 Å². The lowest BCUT2D eigenvalue weighted by atomic mass is 9.96. The molecule has 5 heteroatoms. The number of hydrogen-bond donors (Lipinski definition) is 0. The lowest BCUT2D eigenvalue weighted by Gasteiger charge is -2.30. The van der Waals surface area contributed by atoms with Crippen LogP contribution in [0.3, 0.4) is 0 Å². The molecule has 5 rings (SSSR count). The third kappa shape index (κ3) is 3.79. The van der Waals surface area contributed by atoms with Crippen LogP contribution < -0.4 is 4.74 Å². The van der Waals surface area contributed by atoms with Gasteiger partial charge in [0.15, 0.2) is 11.5 Å². The van der Waals surface area contributed by atoms with Crippen LogP contribution in [-0.4, -0.2) is 28.9 Å². The molecule has 0 aliphatic carbocycles. The van der Waals surface area contributed by atoms with E-state index in [-0.39, 0.29) is 11.8 Å². The summed E-state index contributed by atoms with van der Waals surface area (Å²) in [5.74, 6) is 2.47. The van der Waals surface area contributed by atoms with Gasteiger partial charge in [-0.3, -0.25) is 4.79 Å². The second kappa shape index (κ2) is 8.03. The summed E-state index contributed by atoms with van der Waals surface area (Å²) in [6.45, 7) is 1.37. The van der Waals surface area contributed by atoms with E-state index in [1.165, 1.54) is 0 Å². The Morgan fingerprint density at radius 3 is 2.43 bits per heavy atom. The van der Waals surface area contributed by atoms with Crippen molar-refractivity contribution in [3.8, 4) is 11.5 Å². The van der Waals surface area contributed by atoms with Gasteiger partial charge >= 0.3 is 0 Å². The largest absolute Gasteiger partial charge is 0.457 e. The van der Waals surface area contributed by atoms with Crippen LogP contribution in [0.2, 0.25) is 0 Å². The number of carbonyl (C=O) groups is 1. The van der Waals surface area contributed by atoms with Crippen molar-refractivity contribution in [2.24, 2.45) is 0 Å². The molecular formula is C25H22N2O3. The van der Waals surface area contributed by atoms with Crippen molar-refractivity contribution < 1.29 is 13.9 Å². The molecule has 1 saturated heterocycles. The highest BCUT2D eigenvalue weighted by atomic mass is 16.5. The maximum Gasteiger partial charge on any atom is 0.253 e. The molecule has 30 heavy (non-hydrogen) atoms. The number of fused-ring (bicyclic) bond motifs is 1. The molecule has 0 unspecified atom stereocenters. The molecule has 0 N–H and O–H groups in total. The van der Waals surface area contributed by atoms with Gasteiger partial charge in [-0.15, -0.1) is 0 Å². The minimum atomic E-state index is 0.0320. The number of carbonyl (C=O) groups excluding carboxylic acids is 1. The predicted molar refractivity (Wildman–Crippen MR) is 115 cm³/mol. The zero-order valence-corrected chi connectivity index (χ0v) is 16.5. The van der Waals surface area contributed by atoms with Gasteiger partial charge in [-0.1, -0.05) is 36.4 Å². The van der Waals surface area contributed by atoms with E-state index in [9.17, 15) is 4.79 Å². The van der Waals surface area contributed by atoms with E-state index in [2.05, 4.69) is 4.98 Å². The molecule has 5 nitrogen and oxygen atoms in total. The first kappa shape index (κ1) is 18.4. The average molecular weight is 398 g/mol. The highest BCUT2D eigenvalue weighted by Crippen LogP contribution is 2.31.